The molecule has 3 fully saturated rings. The number of nitrogens with one attached hydrogen (secondary N) is 1. The highest BCUT2D eigenvalue weighted by molar-refractivity contribution is 7.99. The molecule has 0 aliphatic carbocycles. The molecule has 1 nitrogen and oxygen atoms in total. The summed E-state index contributed by atoms with van der Waals surface area (Å²) in [7, 11) is 0. The average Bonchev–Trinajstić information content (AvgIpc) is 1.89. The van der Waals surface area contributed by atoms with E-state index in [1.807, 2.05) is 0 Å². The monoisotopic (exact) mass is 157 g/mol. The van der Waals surface area contributed by atoms with Gasteiger partial charge >= 0.3 is 0 Å². The van der Waals surface area contributed by atoms with Crippen LogP contribution in [0.2, 0.25) is 0 Å². The summed E-state index contributed by atoms with van der Waals surface area (Å²) in [5.41, 5.74) is 0. The molecule has 3 aliphatic rings. The summed E-state index contributed by atoms with van der Waals surface area (Å²) in [6.45, 7) is 1.27. The van der Waals surface area contributed by atoms with Gasteiger partial charge in [0.25, 0.3) is 0 Å². The van der Waals surface area contributed by atoms with E-state index in [-0.39, 0.29) is 0 Å². The Morgan fingerprint density at radius 3 is 3.00 bits per heavy atom. The lowest BCUT2D eigenvalue weighted by molar-refractivity contribution is 0.381. The lowest BCUT2D eigenvalue weighted by Gasteiger charge is -2.32. The maximum atomic E-state index is 3.60. The number of rotatable bonds is 0. The van der Waals surface area contributed by atoms with Crippen molar-refractivity contribution in [3.63, 3.8) is 0 Å². The van der Waals surface area contributed by atoms with E-state index in [2.05, 4.69) is 17.1 Å². The van der Waals surface area contributed by atoms with Crippen LogP contribution in [0.3, 0.4) is 0 Å². The van der Waals surface area contributed by atoms with E-state index in [4.69, 9.17) is 0 Å². The van der Waals surface area contributed by atoms with Crippen LogP contribution in [0.1, 0.15) is 25.7 Å². The van der Waals surface area contributed by atoms with E-state index in [1.165, 1.54) is 38.0 Å². The van der Waals surface area contributed by atoms with Crippen molar-refractivity contribution in [3.8, 4) is 0 Å². The van der Waals surface area contributed by atoms with Gasteiger partial charge in [-0.05, 0) is 31.4 Å². The van der Waals surface area contributed by atoms with Gasteiger partial charge in [0, 0.05) is 17.8 Å². The van der Waals surface area contributed by atoms with Crippen LogP contribution in [0.15, 0.2) is 0 Å². The van der Waals surface area contributed by atoms with Gasteiger partial charge in [-0.15, -0.1) is 0 Å². The summed E-state index contributed by atoms with van der Waals surface area (Å²) in [6, 6.07) is 0.872. The molecule has 0 aromatic heterocycles. The minimum Gasteiger partial charge on any atom is -0.313 e. The molecule has 3 heterocycles. The van der Waals surface area contributed by atoms with Crippen molar-refractivity contribution in [1.82, 2.24) is 5.32 Å². The lowest BCUT2D eigenvalue weighted by Crippen LogP contribution is -2.41. The fraction of sp³-hybridized carbons (Fsp3) is 1.00. The largest absolute Gasteiger partial charge is 0.313 e. The van der Waals surface area contributed by atoms with Crippen LogP contribution in [-0.4, -0.2) is 23.6 Å². The summed E-state index contributed by atoms with van der Waals surface area (Å²) in [5, 5.41) is 4.54. The molecule has 2 heteroatoms. The van der Waals surface area contributed by atoms with Gasteiger partial charge in [-0.3, -0.25) is 0 Å². The molecule has 0 aromatic rings. The predicted molar refractivity (Wildman–Crippen MR) is 46.5 cm³/mol. The molecule has 1 N–H and O–H groups in total. The quantitative estimate of drug-likeness (QED) is 0.573. The van der Waals surface area contributed by atoms with E-state index >= 15 is 0 Å². The van der Waals surface area contributed by atoms with Crippen LogP contribution >= 0.6 is 11.8 Å². The number of fused-ring (bicyclic) bond motifs is 5. The Morgan fingerprint density at radius 2 is 2.20 bits per heavy atom. The molecular weight excluding hydrogens is 142 g/mol. The molecule has 0 radical (unpaired) electrons. The number of piperidine rings is 1. The fourth-order valence-corrected chi connectivity index (χ4v) is 3.04. The summed E-state index contributed by atoms with van der Waals surface area (Å²) in [4.78, 5) is 0. The SMILES string of the molecule is C1CSC2CCC(C1)NC2. The molecule has 3 rings (SSSR count). The predicted octanol–water partition coefficient (Wildman–Crippen LogP) is 1.63. The molecule has 0 saturated carbocycles. The van der Waals surface area contributed by atoms with Gasteiger partial charge in [0.15, 0.2) is 0 Å². The standard InChI is InChI=1S/C8H15NS/c1-2-7-3-4-8(6-9-7)10-5-1/h7-9H,1-6H2. The smallest absolute Gasteiger partial charge is 0.0173 e. The van der Waals surface area contributed by atoms with E-state index in [0.717, 1.165) is 11.3 Å². The van der Waals surface area contributed by atoms with Crippen molar-refractivity contribution in [3.05, 3.63) is 0 Å². The molecule has 0 spiro atoms. The zero-order valence-corrected chi connectivity index (χ0v) is 7.12. The number of thioether (sulfide) groups is 1. The molecule has 2 unspecified atom stereocenters. The molecule has 3 saturated heterocycles. The maximum absolute atomic E-state index is 3.60. The summed E-state index contributed by atoms with van der Waals surface area (Å²) < 4.78 is 0. The van der Waals surface area contributed by atoms with Crippen LogP contribution in [0, 0.1) is 0 Å². The van der Waals surface area contributed by atoms with Gasteiger partial charge in [-0.1, -0.05) is 0 Å². The highest BCUT2D eigenvalue weighted by atomic mass is 32.2. The van der Waals surface area contributed by atoms with Gasteiger partial charge in [0.1, 0.15) is 0 Å². The van der Waals surface area contributed by atoms with Crippen molar-refractivity contribution in [2.24, 2.45) is 0 Å². The molecule has 2 atom stereocenters. The molecule has 10 heavy (non-hydrogen) atoms. The highest BCUT2D eigenvalue weighted by Gasteiger charge is 2.22. The Labute approximate surface area is 67.0 Å². The molecule has 0 aromatic carbocycles. The van der Waals surface area contributed by atoms with Gasteiger partial charge < -0.3 is 5.32 Å². The molecular formula is C8H15NS. The van der Waals surface area contributed by atoms with Gasteiger partial charge in [0.2, 0.25) is 0 Å². The van der Waals surface area contributed by atoms with Crippen LogP contribution < -0.4 is 5.32 Å². The van der Waals surface area contributed by atoms with Gasteiger partial charge in [-0.25, -0.2) is 0 Å². The van der Waals surface area contributed by atoms with Gasteiger partial charge in [-0.2, -0.15) is 11.8 Å². The third kappa shape index (κ3) is 1.48. The zero-order valence-electron chi connectivity index (χ0n) is 6.31. The summed E-state index contributed by atoms with van der Waals surface area (Å²) in [6.07, 6.45) is 5.73. The van der Waals surface area contributed by atoms with Crippen LogP contribution in [0.25, 0.3) is 0 Å². The average molecular weight is 157 g/mol. The van der Waals surface area contributed by atoms with Crippen molar-refractivity contribution < 1.29 is 0 Å². The molecule has 3 aliphatic heterocycles. The second kappa shape index (κ2) is 3.14. The highest BCUT2D eigenvalue weighted by Crippen LogP contribution is 2.26. The van der Waals surface area contributed by atoms with E-state index in [1.54, 1.807) is 0 Å². The Bertz CT molecular complexity index is 88.3. The Morgan fingerprint density at radius 1 is 1.20 bits per heavy atom. The van der Waals surface area contributed by atoms with Gasteiger partial charge in [0.05, 0.1) is 0 Å². The van der Waals surface area contributed by atoms with E-state index in [0.29, 0.717) is 0 Å². The first-order valence-electron chi connectivity index (χ1n) is 4.30. The van der Waals surface area contributed by atoms with Crippen LogP contribution in [0.4, 0.5) is 0 Å². The minimum atomic E-state index is 0.872. The number of hydrogen-bond acceptors (Lipinski definition) is 2. The Hall–Kier alpha value is 0.310. The summed E-state index contributed by atoms with van der Waals surface area (Å²) in [5.74, 6) is 1.41. The van der Waals surface area contributed by atoms with Crippen molar-refractivity contribution in [2.75, 3.05) is 12.3 Å². The Balaban J connectivity index is 1.94. The summed E-state index contributed by atoms with van der Waals surface area (Å²) >= 11 is 2.17. The second-order valence-corrected chi connectivity index (χ2v) is 4.73. The Kier molecular flexibility index (Phi) is 2.19. The first-order valence-corrected chi connectivity index (χ1v) is 5.35. The topological polar surface area (TPSA) is 12.0 Å². The third-order valence-electron chi connectivity index (χ3n) is 2.52. The first-order chi connectivity index (χ1) is 4.95. The van der Waals surface area contributed by atoms with Crippen LogP contribution in [-0.2, 0) is 0 Å². The van der Waals surface area contributed by atoms with E-state index < -0.39 is 0 Å². The maximum Gasteiger partial charge on any atom is 0.0173 e. The normalized spacial score (nSPS) is 40.8. The zero-order chi connectivity index (χ0) is 6.81. The first kappa shape index (κ1) is 6.99. The molecule has 58 valence electrons. The second-order valence-electron chi connectivity index (χ2n) is 3.32. The third-order valence-corrected chi connectivity index (χ3v) is 3.92. The molecule has 2 bridgehead atoms. The van der Waals surface area contributed by atoms with Crippen molar-refractivity contribution in [2.45, 2.75) is 37.0 Å². The minimum absolute atomic E-state index is 0.872. The van der Waals surface area contributed by atoms with Crippen molar-refractivity contribution >= 4 is 11.8 Å². The van der Waals surface area contributed by atoms with Crippen LogP contribution in [0.5, 0.6) is 0 Å². The molecule has 0 amide bonds. The number of hydrogen-bond donors (Lipinski definition) is 1. The van der Waals surface area contributed by atoms with E-state index in [9.17, 15) is 0 Å². The van der Waals surface area contributed by atoms with Crippen molar-refractivity contribution in [1.29, 1.82) is 0 Å². The fourth-order valence-electron chi connectivity index (χ4n) is 1.86. The lowest BCUT2D eigenvalue weighted by atomic mass is 10.0.